The van der Waals surface area contributed by atoms with Crippen LogP contribution < -0.4 is 14.8 Å². The number of hydrogen-bond donors (Lipinski definition) is 1. The number of ether oxygens (including phenoxy) is 2. The van der Waals surface area contributed by atoms with Crippen LogP contribution in [-0.4, -0.2) is 46.8 Å². The first-order valence-corrected chi connectivity index (χ1v) is 9.82. The second kappa shape index (κ2) is 10.3. The van der Waals surface area contributed by atoms with Gasteiger partial charge in [-0.2, -0.15) is 18.3 Å². The highest BCUT2D eigenvalue weighted by atomic mass is 19.4. The van der Waals surface area contributed by atoms with Crippen molar-refractivity contribution in [2.75, 3.05) is 13.7 Å². The lowest BCUT2D eigenvalue weighted by molar-refractivity contribution is -0.153. The van der Waals surface area contributed by atoms with Gasteiger partial charge in [-0.25, -0.2) is 9.50 Å². The first kappa shape index (κ1) is 22.5. The predicted molar refractivity (Wildman–Crippen MR) is 108 cm³/mol. The molecule has 0 spiro atoms. The normalized spacial score (nSPS) is 14.2. The van der Waals surface area contributed by atoms with E-state index in [1.807, 2.05) is 0 Å². The van der Waals surface area contributed by atoms with E-state index >= 15 is 0 Å². The highest BCUT2D eigenvalue weighted by Crippen LogP contribution is 2.30. The fraction of sp³-hybridized carbons (Fsp3) is 0.381. The van der Waals surface area contributed by atoms with Crippen LogP contribution in [0.3, 0.4) is 0 Å². The van der Waals surface area contributed by atoms with Crippen LogP contribution in [0.25, 0.3) is 5.52 Å². The molecule has 3 heterocycles. The number of fused-ring (bicyclic) bond motifs is 1. The van der Waals surface area contributed by atoms with E-state index in [0.717, 1.165) is 6.04 Å². The monoisotopic (exact) mass is 436 g/mol. The van der Waals surface area contributed by atoms with Crippen LogP contribution in [0.5, 0.6) is 17.4 Å². The molecule has 31 heavy (non-hydrogen) atoms. The third-order valence-electron chi connectivity index (χ3n) is 4.68. The quantitative estimate of drug-likeness (QED) is 0.577. The summed E-state index contributed by atoms with van der Waals surface area (Å²) >= 11 is 0. The summed E-state index contributed by atoms with van der Waals surface area (Å²) in [5, 5.41) is 7.25. The highest BCUT2D eigenvalue weighted by molar-refractivity contribution is 5.75. The number of halogens is 3. The smallest absolute Gasteiger partial charge is 0.422 e. The molecule has 0 unspecified atom stereocenters. The molecule has 0 amide bonds. The molecule has 1 aliphatic rings. The van der Waals surface area contributed by atoms with E-state index in [2.05, 4.69) is 22.4 Å². The second-order valence-corrected chi connectivity index (χ2v) is 7.00. The van der Waals surface area contributed by atoms with Crippen molar-refractivity contribution in [3.05, 3.63) is 48.4 Å². The summed E-state index contributed by atoms with van der Waals surface area (Å²) in [5.74, 6) is 0.0911. The van der Waals surface area contributed by atoms with Crippen molar-refractivity contribution in [1.82, 2.24) is 19.9 Å². The van der Waals surface area contributed by atoms with E-state index in [1.165, 1.54) is 54.6 Å². The average molecular weight is 436 g/mol. The van der Waals surface area contributed by atoms with Crippen LogP contribution in [0.15, 0.2) is 42.7 Å². The lowest BCUT2D eigenvalue weighted by Gasteiger charge is -2.12. The van der Waals surface area contributed by atoms with Crippen LogP contribution in [0.4, 0.5) is 13.2 Å². The number of aldehydes is 1. The van der Waals surface area contributed by atoms with Gasteiger partial charge in [0.2, 0.25) is 0 Å². The molecule has 0 aliphatic heterocycles. The van der Waals surface area contributed by atoms with Gasteiger partial charge in [-0.05, 0) is 44.2 Å². The zero-order valence-corrected chi connectivity index (χ0v) is 16.9. The molecule has 0 aromatic carbocycles. The van der Waals surface area contributed by atoms with Gasteiger partial charge >= 0.3 is 6.18 Å². The van der Waals surface area contributed by atoms with Gasteiger partial charge in [0.25, 0.3) is 5.88 Å². The van der Waals surface area contributed by atoms with Gasteiger partial charge in [-0.3, -0.25) is 4.79 Å². The largest absolute Gasteiger partial charge is 0.478 e. The molecule has 0 bridgehead atoms. The summed E-state index contributed by atoms with van der Waals surface area (Å²) in [5.41, 5.74) is 0.836. The predicted octanol–water partition coefficient (Wildman–Crippen LogP) is 4.42. The third-order valence-corrected chi connectivity index (χ3v) is 4.68. The van der Waals surface area contributed by atoms with Gasteiger partial charge in [0.1, 0.15) is 11.4 Å². The molecule has 7 nitrogen and oxygen atoms in total. The van der Waals surface area contributed by atoms with E-state index in [9.17, 15) is 18.0 Å². The lowest BCUT2D eigenvalue weighted by atomic mass is 10.3. The number of pyridine rings is 2. The number of hydrogen-bond acceptors (Lipinski definition) is 6. The lowest BCUT2D eigenvalue weighted by Crippen LogP contribution is -2.20. The van der Waals surface area contributed by atoms with E-state index in [0.29, 0.717) is 17.6 Å². The molecular formula is C21H23F3N4O3. The maximum atomic E-state index is 12.3. The Morgan fingerprint density at radius 1 is 1.26 bits per heavy atom. The van der Waals surface area contributed by atoms with E-state index < -0.39 is 12.8 Å². The summed E-state index contributed by atoms with van der Waals surface area (Å²) in [6.07, 6.45) is 4.74. The van der Waals surface area contributed by atoms with Gasteiger partial charge in [0.05, 0.1) is 5.52 Å². The number of carbonyl (C=O) groups excluding carboxylic acids is 1. The van der Waals surface area contributed by atoms with Crippen molar-refractivity contribution in [2.45, 2.75) is 37.9 Å². The Morgan fingerprint density at radius 2 is 2.03 bits per heavy atom. The fourth-order valence-electron chi connectivity index (χ4n) is 3.16. The van der Waals surface area contributed by atoms with Crippen molar-refractivity contribution >= 4 is 11.8 Å². The second-order valence-electron chi connectivity index (χ2n) is 7.00. The van der Waals surface area contributed by atoms with Crippen molar-refractivity contribution in [2.24, 2.45) is 0 Å². The Labute approximate surface area is 177 Å². The highest BCUT2D eigenvalue weighted by Gasteiger charge is 2.29. The van der Waals surface area contributed by atoms with Crippen molar-refractivity contribution < 1.29 is 27.4 Å². The number of carbonyl (C=O) groups is 1. The van der Waals surface area contributed by atoms with Crippen LogP contribution >= 0.6 is 0 Å². The topological polar surface area (TPSA) is 77.8 Å². The summed E-state index contributed by atoms with van der Waals surface area (Å²) in [7, 11) is 2.05. The molecule has 10 heteroatoms. The minimum atomic E-state index is -4.46. The Balaban J connectivity index is 0.000000330. The molecule has 1 fully saturated rings. The van der Waals surface area contributed by atoms with Crippen LogP contribution in [0.2, 0.25) is 0 Å². The van der Waals surface area contributed by atoms with Gasteiger partial charge in [-0.1, -0.05) is 12.8 Å². The van der Waals surface area contributed by atoms with Gasteiger partial charge in [0, 0.05) is 24.5 Å². The summed E-state index contributed by atoms with van der Waals surface area (Å²) in [4.78, 5) is 14.6. The Hall–Kier alpha value is -3.14. The maximum Gasteiger partial charge on any atom is 0.422 e. The number of alkyl halides is 3. The van der Waals surface area contributed by atoms with Gasteiger partial charge in [-0.15, -0.1) is 0 Å². The SMILES string of the molecule is CNC1CCCC1.O=Cc1cc2cc(Oc3ncccc3OCC(F)(F)F)ccn2n1. The number of nitrogens with zero attached hydrogens (tertiary/aromatic N) is 3. The van der Waals surface area contributed by atoms with E-state index in [-0.39, 0.29) is 17.3 Å². The molecule has 0 saturated heterocycles. The van der Waals surface area contributed by atoms with Crippen LogP contribution in [-0.2, 0) is 0 Å². The first-order chi connectivity index (χ1) is 14.9. The summed E-state index contributed by atoms with van der Waals surface area (Å²) in [6, 6.07) is 8.27. The van der Waals surface area contributed by atoms with Crippen molar-refractivity contribution in [1.29, 1.82) is 0 Å². The van der Waals surface area contributed by atoms with Crippen molar-refractivity contribution in [3.8, 4) is 17.4 Å². The number of rotatable bonds is 6. The Bertz CT molecular complexity index is 1000. The van der Waals surface area contributed by atoms with Crippen LogP contribution in [0, 0.1) is 0 Å². The average Bonchev–Trinajstić information content (AvgIpc) is 3.42. The summed E-state index contributed by atoms with van der Waals surface area (Å²) in [6.45, 7) is -1.45. The standard InChI is InChI=1S/C15H10F3N3O3.C6H13N/c16-15(17,18)9-23-13-2-1-4-19-14(13)24-12-3-5-21-11(7-12)6-10(8-22)20-21;1-7-6-4-2-3-5-6/h1-8H,9H2;6-7H,2-5H2,1H3. The molecule has 3 aromatic heterocycles. The molecule has 0 atom stereocenters. The zero-order valence-electron chi connectivity index (χ0n) is 16.9. The minimum Gasteiger partial charge on any atom is -0.478 e. The molecule has 166 valence electrons. The molecule has 3 aromatic rings. The molecule has 1 N–H and O–H groups in total. The van der Waals surface area contributed by atoms with E-state index in [1.54, 1.807) is 18.3 Å². The van der Waals surface area contributed by atoms with E-state index in [4.69, 9.17) is 9.47 Å². The minimum absolute atomic E-state index is 0.0961. The molecule has 4 rings (SSSR count). The van der Waals surface area contributed by atoms with Crippen molar-refractivity contribution in [3.63, 3.8) is 0 Å². The summed E-state index contributed by atoms with van der Waals surface area (Å²) < 4.78 is 48.5. The molecule has 0 radical (unpaired) electrons. The van der Waals surface area contributed by atoms with Gasteiger partial charge in [0.15, 0.2) is 18.6 Å². The number of nitrogens with one attached hydrogen (secondary N) is 1. The number of aromatic nitrogens is 3. The maximum absolute atomic E-state index is 12.3. The molecular weight excluding hydrogens is 413 g/mol. The molecule has 1 aliphatic carbocycles. The Kier molecular flexibility index (Phi) is 7.45. The first-order valence-electron chi connectivity index (χ1n) is 9.82. The third kappa shape index (κ3) is 6.68. The molecule has 1 saturated carbocycles. The van der Waals surface area contributed by atoms with Crippen LogP contribution in [0.1, 0.15) is 36.2 Å². The fourth-order valence-corrected chi connectivity index (χ4v) is 3.16. The van der Waals surface area contributed by atoms with Gasteiger partial charge < -0.3 is 14.8 Å². The zero-order chi connectivity index (χ0) is 22.3. The Morgan fingerprint density at radius 3 is 2.68 bits per heavy atom.